The van der Waals surface area contributed by atoms with Crippen LogP contribution in [-0.2, 0) is 25.7 Å². The molecule has 354 valence electrons. The average molecular weight is 855 g/mol. The van der Waals surface area contributed by atoms with E-state index in [1.807, 2.05) is 74.5 Å². The molecule has 0 spiro atoms. The number of aryl methyl sites for hydroxylation is 4. The van der Waals surface area contributed by atoms with E-state index in [-0.39, 0.29) is 22.3 Å². The van der Waals surface area contributed by atoms with Gasteiger partial charge in [-0.2, -0.15) is 0 Å². The van der Waals surface area contributed by atoms with Crippen LogP contribution >= 0.6 is 0 Å². The maximum atomic E-state index is 4.56. The molecule has 4 aliphatic rings. The third-order valence-electron chi connectivity index (χ3n) is 11.6. The fraction of sp³-hybridized carbons (Fsp3) is 0.655. The molecule has 0 amide bonds. The summed E-state index contributed by atoms with van der Waals surface area (Å²) in [7, 11) is 0. The molecule has 4 aromatic rings. The van der Waals surface area contributed by atoms with Crippen molar-refractivity contribution in [3.63, 3.8) is 0 Å². The third-order valence-corrected chi connectivity index (χ3v) is 11.6. The van der Waals surface area contributed by atoms with Crippen LogP contribution in [0.3, 0.4) is 0 Å². The number of aromatic nitrogens is 4. The molecule has 0 aliphatic heterocycles. The van der Waals surface area contributed by atoms with Gasteiger partial charge in [0.25, 0.3) is 0 Å². The number of hydrogen-bond acceptors (Lipinski definition) is 4. The predicted octanol–water partition coefficient (Wildman–Crippen LogP) is 18.9. The van der Waals surface area contributed by atoms with Crippen molar-refractivity contribution < 1.29 is 0 Å². The van der Waals surface area contributed by atoms with Crippen LogP contribution in [0, 0.1) is 23.2 Å². The lowest BCUT2D eigenvalue weighted by Crippen LogP contribution is -2.45. The number of unbranched alkanes of at least 4 members (excludes halogenated alkanes) is 3. The first-order chi connectivity index (χ1) is 28.7. The third kappa shape index (κ3) is 23.3. The molecular formula is C58H102N4. The molecule has 2 aromatic heterocycles. The second-order valence-electron chi connectivity index (χ2n) is 16.7. The highest BCUT2D eigenvalue weighted by Crippen LogP contribution is 2.61. The van der Waals surface area contributed by atoms with Gasteiger partial charge in [0.1, 0.15) is 0 Å². The van der Waals surface area contributed by atoms with Crippen molar-refractivity contribution >= 4 is 0 Å². The quantitative estimate of drug-likeness (QED) is 0.151. The van der Waals surface area contributed by atoms with Gasteiger partial charge in [-0.25, -0.2) is 19.9 Å². The van der Waals surface area contributed by atoms with Crippen molar-refractivity contribution in [3.05, 3.63) is 95.6 Å². The molecule has 0 radical (unpaired) electrons. The molecule has 8 rings (SSSR count). The van der Waals surface area contributed by atoms with E-state index in [9.17, 15) is 0 Å². The summed E-state index contributed by atoms with van der Waals surface area (Å²) in [5, 5.41) is 0. The van der Waals surface area contributed by atoms with Crippen LogP contribution in [0.2, 0.25) is 0 Å². The van der Waals surface area contributed by atoms with Crippen LogP contribution in [0.25, 0.3) is 22.8 Å². The van der Waals surface area contributed by atoms with Crippen molar-refractivity contribution in [2.24, 2.45) is 23.2 Å². The second-order valence-corrected chi connectivity index (χ2v) is 16.7. The van der Waals surface area contributed by atoms with Crippen molar-refractivity contribution in [2.75, 3.05) is 0 Å². The summed E-state index contributed by atoms with van der Waals surface area (Å²) in [6, 6.07) is 24.5. The minimum Gasteiger partial charge on any atom is -0.233 e. The van der Waals surface area contributed by atoms with Crippen LogP contribution in [0.1, 0.15) is 225 Å². The topological polar surface area (TPSA) is 51.6 Å². The van der Waals surface area contributed by atoms with E-state index in [1.165, 1.54) is 51.4 Å². The monoisotopic (exact) mass is 855 g/mol. The maximum Gasteiger partial charge on any atom is 0.159 e. The highest BCUT2D eigenvalue weighted by Gasteiger charge is 2.50. The number of hydrogen-bond donors (Lipinski definition) is 0. The van der Waals surface area contributed by atoms with E-state index >= 15 is 0 Å². The Labute approximate surface area is 387 Å². The zero-order valence-corrected chi connectivity index (χ0v) is 40.7. The van der Waals surface area contributed by atoms with Crippen LogP contribution < -0.4 is 0 Å². The molecule has 4 nitrogen and oxygen atoms in total. The largest absolute Gasteiger partial charge is 0.233 e. The Morgan fingerprint density at radius 2 is 0.661 bits per heavy atom. The Kier molecular flexibility index (Phi) is 38.6. The molecule has 62 heavy (non-hydrogen) atoms. The van der Waals surface area contributed by atoms with Gasteiger partial charge in [0.15, 0.2) is 11.6 Å². The van der Waals surface area contributed by atoms with Crippen LogP contribution in [0.15, 0.2) is 72.8 Å². The summed E-state index contributed by atoms with van der Waals surface area (Å²) < 4.78 is 0. The average Bonchev–Trinajstić information content (AvgIpc) is 3.30. The highest BCUT2D eigenvalue weighted by molar-refractivity contribution is 5.55. The smallest absolute Gasteiger partial charge is 0.159 e. The van der Waals surface area contributed by atoms with E-state index in [4.69, 9.17) is 0 Å². The van der Waals surface area contributed by atoms with Gasteiger partial charge in [-0.3, -0.25) is 0 Å². The molecule has 4 fully saturated rings. The minimum absolute atomic E-state index is 0. The van der Waals surface area contributed by atoms with E-state index in [0.717, 1.165) is 94.4 Å². The van der Waals surface area contributed by atoms with Gasteiger partial charge in [-0.05, 0) is 106 Å². The van der Waals surface area contributed by atoms with Gasteiger partial charge < -0.3 is 0 Å². The van der Waals surface area contributed by atoms with E-state index in [2.05, 4.69) is 108 Å². The van der Waals surface area contributed by atoms with Crippen molar-refractivity contribution in [1.29, 1.82) is 0 Å². The molecule has 4 bridgehead atoms. The lowest BCUT2D eigenvalue weighted by atomic mass is 9.49. The minimum atomic E-state index is 0. The van der Waals surface area contributed by atoms with Gasteiger partial charge >= 0.3 is 0 Å². The fourth-order valence-electron chi connectivity index (χ4n) is 8.39. The molecular weight excluding hydrogens is 753 g/mol. The van der Waals surface area contributed by atoms with Crippen LogP contribution in [0.5, 0.6) is 0 Å². The standard InChI is InChI=1S/2C14H16N2.C13H22.3C4H10.C2H6.3CH4/c2*1-3-12-10-13(4-2)16-14(15-12)11-8-6-5-7-9-11;1-2-3-13-7-10-4-11(8-13)6-12(5-10)9-13;3*1-3-4-2;1-2;;;/h2*5-10H,3-4H2,1-2H3;10-12H,2-9H2,1H3;3*3-4H2,1-2H3;1-2H3;3*1H4. The molecule has 2 aromatic carbocycles. The second kappa shape index (κ2) is 38.1. The summed E-state index contributed by atoms with van der Waals surface area (Å²) >= 11 is 0. The van der Waals surface area contributed by atoms with Gasteiger partial charge in [-0.1, -0.05) is 218 Å². The number of nitrogens with zero attached hydrogens (tertiary/aromatic N) is 4. The summed E-state index contributed by atoms with van der Waals surface area (Å²) in [4.78, 5) is 18.2. The maximum absolute atomic E-state index is 4.56. The van der Waals surface area contributed by atoms with Gasteiger partial charge in [0, 0.05) is 33.9 Å². The molecule has 0 atom stereocenters. The Hall–Kier alpha value is -3.40. The number of rotatable bonds is 11. The molecule has 4 heteroatoms. The predicted molar refractivity (Wildman–Crippen MR) is 281 cm³/mol. The zero-order chi connectivity index (χ0) is 43.9. The van der Waals surface area contributed by atoms with Crippen molar-refractivity contribution in [2.45, 2.75) is 228 Å². The molecule has 2 heterocycles. The van der Waals surface area contributed by atoms with Crippen LogP contribution in [0.4, 0.5) is 0 Å². The van der Waals surface area contributed by atoms with Crippen LogP contribution in [-0.4, -0.2) is 19.9 Å². The van der Waals surface area contributed by atoms with E-state index < -0.39 is 0 Å². The highest BCUT2D eigenvalue weighted by atomic mass is 14.9. The van der Waals surface area contributed by atoms with Crippen molar-refractivity contribution in [1.82, 2.24) is 19.9 Å². The Morgan fingerprint density at radius 1 is 0.403 bits per heavy atom. The van der Waals surface area contributed by atoms with Gasteiger partial charge in [0.2, 0.25) is 0 Å². The first kappa shape index (κ1) is 62.9. The normalized spacial score (nSPS) is 18.0. The van der Waals surface area contributed by atoms with Gasteiger partial charge in [-0.15, -0.1) is 0 Å². The Bertz CT molecular complexity index is 1400. The Morgan fingerprint density at radius 3 is 0.871 bits per heavy atom. The molecule has 4 saturated carbocycles. The Balaban J connectivity index is -0.000000718. The van der Waals surface area contributed by atoms with Gasteiger partial charge in [0.05, 0.1) is 0 Å². The summed E-state index contributed by atoms with van der Waals surface area (Å²) in [6.45, 7) is 27.9. The van der Waals surface area contributed by atoms with E-state index in [1.54, 1.807) is 38.5 Å². The molecule has 0 saturated heterocycles. The van der Waals surface area contributed by atoms with E-state index in [0.29, 0.717) is 0 Å². The summed E-state index contributed by atoms with van der Waals surface area (Å²) in [5.74, 6) is 5.14. The fourth-order valence-corrected chi connectivity index (χ4v) is 8.39. The first-order valence-electron chi connectivity index (χ1n) is 24.5. The summed E-state index contributed by atoms with van der Waals surface area (Å²) in [5.41, 5.74) is 7.50. The zero-order valence-electron chi connectivity index (χ0n) is 40.7. The first-order valence-corrected chi connectivity index (χ1v) is 24.5. The summed E-state index contributed by atoms with van der Waals surface area (Å²) in [6.07, 6.45) is 24.3. The molecule has 4 aliphatic carbocycles. The number of benzene rings is 2. The SMILES string of the molecule is C.C.C.CC.CCCC.CCCC.CCCC.CCCC12CC3CC(CC(C3)C1)C2.CCc1cc(CC)nc(-c2ccccc2)n1.CCc1cc(CC)nc(-c2ccccc2)n1. The lowest BCUT2D eigenvalue weighted by Gasteiger charge is -2.57. The lowest BCUT2D eigenvalue weighted by molar-refractivity contribution is -0.0574. The van der Waals surface area contributed by atoms with Crippen molar-refractivity contribution in [3.8, 4) is 22.8 Å². The molecule has 0 N–H and O–H groups in total. The molecule has 0 unspecified atom stereocenters.